The van der Waals surface area contributed by atoms with Gasteiger partial charge in [0.2, 0.25) is 0 Å². The van der Waals surface area contributed by atoms with E-state index in [1.807, 2.05) is 0 Å². The second kappa shape index (κ2) is 3.05. The van der Waals surface area contributed by atoms with Crippen molar-refractivity contribution in [3.05, 3.63) is 0 Å². The molecule has 3 atom stereocenters. The Kier molecular flexibility index (Phi) is 2.05. The molecule has 0 unspecified atom stereocenters. The first-order chi connectivity index (χ1) is 5.77. The van der Waals surface area contributed by atoms with Gasteiger partial charge in [0.1, 0.15) is 6.04 Å². The molecule has 1 saturated carbocycles. The zero-order valence-electron chi connectivity index (χ0n) is 7.12. The predicted octanol–water partition coefficient (Wildman–Crippen LogP) is 0.849. The molecular weight excluding hydrogens is 154 g/mol. The summed E-state index contributed by atoms with van der Waals surface area (Å²) in [6, 6.07) is -0.274. The molecule has 2 fully saturated rings. The second-order valence-corrected chi connectivity index (χ2v) is 3.99. The molecule has 1 aliphatic heterocycles. The maximum Gasteiger partial charge on any atom is 0.320 e. The van der Waals surface area contributed by atoms with Crippen molar-refractivity contribution in [3.8, 4) is 0 Å². The summed E-state index contributed by atoms with van der Waals surface area (Å²) in [7, 11) is 0. The van der Waals surface area contributed by atoms with Crippen molar-refractivity contribution in [2.24, 2.45) is 11.8 Å². The first kappa shape index (κ1) is 8.05. The van der Waals surface area contributed by atoms with Gasteiger partial charge in [0.05, 0.1) is 0 Å². The lowest BCUT2D eigenvalue weighted by Crippen LogP contribution is -2.46. The fraction of sp³-hybridized carbons (Fsp3) is 0.889. The molecule has 12 heavy (non-hydrogen) atoms. The maximum atomic E-state index is 10.7. The highest BCUT2D eigenvalue weighted by Gasteiger charge is 2.35. The fourth-order valence-electron chi connectivity index (χ4n) is 2.56. The van der Waals surface area contributed by atoms with Crippen LogP contribution in [0, 0.1) is 11.8 Å². The molecule has 0 bridgehead atoms. The Balaban J connectivity index is 1.96. The maximum absolute atomic E-state index is 10.7. The normalized spacial score (nSPS) is 40.8. The van der Waals surface area contributed by atoms with E-state index in [4.69, 9.17) is 5.11 Å². The lowest BCUT2D eigenvalue weighted by Gasteiger charge is -2.30. The van der Waals surface area contributed by atoms with Gasteiger partial charge in [-0.1, -0.05) is 12.8 Å². The third-order valence-corrected chi connectivity index (χ3v) is 3.28. The van der Waals surface area contributed by atoms with E-state index in [1.165, 1.54) is 19.3 Å². The van der Waals surface area contributed by atoms with Crippen LogP contribution in [-0.2, 0) is 4.79 Å². The third kappa shape index (κ3) is 1.33. The number of carboxylic acid groups (broad SMARTS) is 1. The summed E-state index contributed by atoms with van der Waals surface area (Å²) in [5.41, 5.74) is 0. The predicted molar refractivity (Wildman–Crippen MR) is 44.9 cm³/mol. The number of aliphatic carboxylic acids is 1. The van der Waals surface area contributed by atoms with E-state index in [2.05, 4.69) is 5.32 Å². The molecule has 3 heteroatoms. The summed E-state index contributed by atoms with van der Waals surface area (Å²) >= 11 is 0. The fourth-order valence-corrected chi connectivity index (χ4v) is 2.56. The summed E-state index contributed by atoms with van der Waals surface area (Å²) in [4.78, 5) is 10.7. The van der Waals surface area contributed by atoms with Crippen molar-refractivity contribution >= 4 is 5.97 Å². The van der Waals surface area contributed by atoms with Crippen LogP contribution >= 0.6 is 0 Å². The Morgan fingerprint density at radius 1 is 1.33 bits per heavy atom. The standard InChI is InChI=1S/C9H15NO2/c11-9(12)8-4-6-2-1-3-7(6)5-10-8/h6-8,10H,1-5H2,(H,11,12)/t6-,7+,8-/m0/s1. The largest absolute Gasteiger partial charge is 0.480 e. The number of carbonyl (C=O) groups is 1. The molecular formula is C9H15NO2. The van der Waals surface area contributed by atoms with E-state index in [0.717, 1.165) is 18.9 Å². The highest BCUT2D eigenvalue weighted by Crippen LogP contribution is 2.36. The van der Waals surface area contributed by atoms with E-state index < -0.39 is 5.97 Å². The number of carboxylic acids is 1. The Morgan fingerprint density at radius 3 is 2.83 bits per heavy atom. The molecule has 2 aliphatic rings. The molecule has 0 aromatic rings. The van der Waals surface area contributed by atoms with E-state index in [0.29, 0.717) is 5.92 Å². The van der Waals surface area contributed by atoms with Crippen molar-refractivity contribution in [3.63, 3.8) is 0 Å². The average Bonchev–Trinajstić information content (AvgIpc) is 2.49. The van der Waals surface area contributed by atoms with Crippen LogP contribution in [0.5, 0.6) is 0 Å². The number of nitrogens with one attached hydrogen (secondary N) is 1. The van der Waals surface area contributed by atoms with Gasteiger partial charge in [0.25, 0.3) is 0 Å². The summed E-state index contributed by atoms with van der Waals surface area (Å²) in [6.45, 7) is 0.918. The van der Waals surface area contributed by atoms with Crippen molar-refractivity contribution in [2.45, 2.75) is 31.7 Å². The van der Waals surface area contributed by atoms with Crippen molar-refractivity contribution in [1.82, 2.24) is 5.32 Å². The quantitative estimate of drug-likeness (QED) is 0.611. The van der Waals surface area contributed by atoms with Gasteiger partial charge in [-0.05, 0) is 31.2 Å². The van der Waals surface area contributed by atoms with Gasteiger partial charge >= 0.3 is 5.97 Å². The molecule has 2 rings (SSSR count). The minimum absolute atomic E-state index is 0.274. The zero-order valence-corrected chi connectivity index (χ0v) is 7.12. The molecule has 0 radical (unpaired) electrons. The highest BCUT2D eigenvalue weighted by atomic mass is 16.4. The van der Waals surface area contributed by atoms with Crippen LogP contribution in [0.3, 0.4) is 0 Å². The van der Waals surface area contributed by atoms with Crippen LogP contribution < -0.4 is 5.32 Å². The van der Waals surface area contributed by atoms with Crippen LogP contribution in [-0.4, -0.2) is 23.7 Å². The van der Waals surface area contributed by atoms with E-state index in [1.54, 1.807) is 0 Å². The van der Waals surface area contributed by atoms with E-state index in [-0.39, 0.29) is 6.04 Å². The van der Waals surface area contributed by atoms with Crippen molar-refractivity contribution < 1.29 is 9.90 Å². The van der Waals surface area contributed by atoms with Gasteiger partial charge in [0.15, 0.2) is 0 Å². The molecule has 2 N–H and O–H groups in total. The zero-order chi connectivity index (χ0) is 8.55. The van der Waals surface area contributed by atoms with Crippen LogP contribution in [0.25, 0.3) is 0 Å². The Labute approximate surface area is 72.2 Å². The number of fused-ring (bicyclic) bond motifs is 1. The summed E-state index contributed by atoms with van der Waals surface area (Å²) in [6.07, 6.45) is 4.68. The second-order valence-electron chi connectivity index (χ2n) is 3.99. The minimum Gasteiger partial charge on any atom is -0.480 e. The van der Waals surface area contributed by atoms with E-state index >= 15 is 0 Å². The SMILES string of the molecule is O=C(O)[C@@H]1C[C@@H]2CCC[C@@H]2CN1. The molecule has 0 amide bonds. The Hall–Kier alpha value is -0.570. The first-order valence-corrected chi connectivity index (χ1v) is 4.73. The number of hydrogen-bond donors (Lipinski definition) is 2. The molecule has 68 valence electrons. The third-order valence-electron chi connectivity index (χ3n) is 3.28. The van der Waals surface area contributed by atoms with E-state index in [9.17, 15) is 4.79 Å². The molecule has 1 saturated heterocycles. The molecule has 0 aromatic heterocycles. The molecule has 3 nitrogen and oxygen atoms in total. The molecule has 0 aromatic carbocycles. The van der Waals surface area contributed by atoms with Crippen LogP contribution in [0.1, 0.15) is 25.7 Å². The number of rotatable bonds is 1. The number of hydrogen-bond acceptors (Lipinski definition) is 2. The number of piperidine rings is 1. The first-order valence-electron chi connectivity index (χ1n) is 4.73. The molecule has 1 aliphatic carbocycles. The van der Waals surface area contributed by atoms with Gasteiger partial charge < -0.3 is 10.4 Å². The van der Waals surface area contributed by atoms with Crippen LogP contribution in [0.2, 0.25) is 0 Å². The van der Waals surface area contributed by atoms with Gasteiger partial charge in [-0.3, -0.25) is 4.79 Å². The lowest BCUT2D eigenvalue weighted by atomic mass is 9.86. The Bertz CT molecular complexity index is 193. The average molecular weight is 169 g/mol. The summed E-state index contributed by atoms with van der Waals surface area (Å²) in [5, 5.41) is 11.9. The van der Waals surface area contributed by atoms with Gasteiger partial charge in [0, 0.05) is 0 Å². The summed E-state index contributed by atoms with van der Waals surface area (Å²) < 4.78 is 0. The van der Waals surface area contributed by atoms with Gasteiger partial charge in [-0.2, -0.15) is 0 Å². The Morgan fingerprint density at radius 2 is 2.08 bits per heavy atom. The van der Waals surface area contributed by atoms with Gasteiger partial charge in [-0.15, -0.1) is 0 Å². The van der Waals surface area contributed by atoms with Crippen LogP contribution in [0.4, 0.5) is 0 Å². The minimum atomic E-state index is -0.680. The van der Waals surface area contributed by atoms with Crippen LogP contribution in [0.15, 0.2) is 0 Å². The highest BCUT2D eigenvalue weighted by molar-refractivity contribution is 5.73. The topological polar surface area (TPSA) is 49.3 Å². The van der Waals surface area contributed by atoms with Gasteiger partial charge in [-0.25, -0.2) is 0 Å². The monoisotopic (exact) mass is 169 g/mol. The molecule has 1 heterocycles. The smallest absolute Gasteiger partial charge is 0.320 e. The summed E-state index contributed by atoms with van der Waals surface area (Å²) in [5.74, 6) is 0.772. The molecule has 0 spiro atoms. The lowest BCUT2D eigenvalue weighted by molar-refractivity contribution is -0.140. The van der Waals surface area contributed by atoms with Crippen molar-refractivity contribution in [2.75, 3.05) is 6.54 Å². The van der Waals surface area contributed by atoms with Crippen molar-refractivity contribution in [1.29, 1.82) is 0 Å².